The normalized spacial score (nSPS) is 11.9. The van der Waals surface area contributed by atoms with Crippen LogP contribution in [0.4, 0.5) is 52.7 Å². The van der Waals surface area contributed by atoms with Gasteiger partial charge in [0.15, 0.2) is 46.5 Å². The first-order valence-corrected chi connectivity index (χ1v) is 8.30. The third-order valence-corrected chi connectivity index (χ3v) is 4.48. The van der Waals surface area contributed by atoms with Gasteiger partial charge in [-0.3, -0.25) is 0 Å². The van der Waals surface area contributed by atoms with Crippen LogP contribution < -0.4 is 0 Å². The molecule has 0 aliphatic rings. The molecule has 0 saturated carbocycles. The van der Waals surface area contributed by atoms with Gasteiger partial charge in [-0.1, -0.05) is 18.2 Å². The van der Waals surface area contributed by atoms with Gasteiger partial charge in [-0.15, -0.1) is 0 Å². The van der Waals surface area contributed by atoms with Crippen molar-refractivity contribution in [2.45, 2.75) is 12.3 Å². The Morgan fingerprint density at radius 3 is 1.31 bits per heavy atom. The minimum Gasteiger partial charge on any atom is -0.206 e. The number of alkyl halides is 2. The molecule has 0 atom stereocenters. The van der Waals surface area contributed by atoms with E-state index in [-0.39, 0.29) is 0 Å². The fourth-order valence-electron chi connectivity index (χ4n) is 2.95. The molecule has 0 radical (unpaired) electrons. The third kappa shape index (κ3) is 3.56. The summed E-state index contributed by atoms with van der Waals surface area (Å²) in [6, 6.07) is 3.05. The largest absolute Gasteiger partial charge is 0.280 e. The van der Waals surface area contributed by atoms with Crippen LogP contribution in [0, 0.1) is 58.2 Å². The van der Waals surface area contributed by atoms with Gasteiger partial charge in [0.2, 0.25) is 5.82 Å². The molecule has 0 unspecified atom stereocenters. The molecule has 0 saturated heterocycles. The number of hydrogen-bond acceptors (Lipinski definition) is 0. The zero-order valence-corrected chi connectivity index (χ0v) is 15.1. The summed E-state index contributed by atoms with van der Waals surface area (Å²) < 4.78 is 167. The van der Waals surface area contributed by atoms with Crippen molar-refractivity contribution in [3.8, 4) is 11.1 Å². The maximum atomic E-state index is 14.4. The molecule has 3 aromatic carbocycles. The summed E-state index contributed by atoms with van der Waals surface area (Å²) in [5.74, 6) is -30.2. The number of hydrogen-bond donors (Lipinski definition) is 0. The van der Waals surface area contributed by atoms with E-state index in [9.17, 15) is 52.7 Å². The Morgan fingerprint density at radius 2 is 0.875 bits per heavy atom. The van der Waals surface area contributed by atoms with E-state index in [1.165, 1.54) is 0 Å². The second-order valence-electron chi connectivity index (χ2n) is 6.42. The van der Waals surface area contributed by atoms with Crippen molar-refractivity contribution >= 4 is 0 Å². The average Bonchev–Trinajstić information content (AvgIpc) is 2.75. The summed E-state index contributed by atoms with van der Waals surface area (Å²) in [5.41, 5.74) is -8.06. The van der Waals surface area contributed by atoms with E-state index in [2.05, 4.69) is 0 Å². The molecule has 0 bridgehead atoms. The van der Waals surface area contributed by atoms with E-state index in [0.717, 1.165) is 12.1 Å². The van der Waals surface area contributed by atoms with Crippen LogP contribution in [0.3, 0.4) is 0 Å². The molecule has 0 N–H and O–H groups in total. The first-order chi connectivity index (χ1) is 14.8. The highest BCUT2D eigenvalue weighted by atomic mass is 19.3. The van der Waals surface area contributed by atoms with Crippen LogP contribution in [0.1, 0.15) is 11.1 Å². The predicted molar refractivity (Wildman–Crippen MR) is 85.5 cm³/mol. The molecule has 3 aromatic rings. The van der Waals surface area contributed by atoms with Crippen LogP contribution in [0.15, 0.2) is 24.3 Å². The van der Waals surface area contributed by atoms with Crippen molar-refractivity contribution in [1.29, 1.82) is 0 Å². The van der Waals surface area contributed by atoms with Crippen LogP contribution in [-0.4, -0.2) is 0 Å². The third-order valence-electron chi connectivity index (χ3n) is 4.48. The van der Waals surface area contributed by atoms with Crippen LogP contribution in [0.25, 0.3) is 11.1 Å². The van der Waals surface area contributed by atoms with Crippen molar-refractivity contribution in [2.24, 2.45) is 0 Å². The zero-order chi connectivity index (χ0) is 24.1. The molecular formula is C20H6F12. The van der Waals surface area contributed by atoms with Gasteiger partial charge in [0.25, 0.3) is 5.92 Å². The first kappa shape index (κ1) is 23.5. The second-order valence-corrected chi connectivity index (χ2v) is 6.42. The summed E-state index contributed by atoms with van der Waals surface area (Å²) in [6.45, 7) is 0. The van der Waals surface area contributed by atoms with Crippen LogP contribution in [0.5, 0.6) is 0 Å². The van der Waals surface area contributed by atoms with Crippen molar-refractivity contribution in [1.82, 2.24) is 0 Å². The highest BCUT2D eigenvalue weighted by Gasteiger charge is 2.40. The van der Waals surface area contributed by atoms with Crippen molar-refractivity contribution in [3.05, 3.63) is 93.6 Å². The number of halogens is 12. The van der Waals surface area contributed by atoms with E-state index in [4.69, 9.17) is 0 Å². The molecular weight excluding hydrogens is 468 g/mol. The number of benzene rings is 3. The SMILES string of the molecule is Fc1ccccc1C(F)(F)Cc1c(F)c(F)c(-c2c(F)c(F)c(F)c(F)c2F)c(F)c1F. The molecule has 0 amide bonds. The summed E-state index contributed by atoms with van der Waals surface area (Å²) in [5, 5.41) is 0. The zero-order valence-electron chi connectivity index (χ0n) is 15.1. The quantitative estimate of drug-likeness (QED) is 0.216. The van der Waals surface area contributed by atoms with Crippen molar-refractivity contribution in [2.75, 3.05) is 0 Å². The van der Waals surface area contributed by atoms with E-state index in [1.807, 2.05) is 0 Å². The lowest BCUT2D eigenvalue weighted by atomic mass is 9.94. The van der Waals surface area contributed by atoms with Crippen molar-refractivity contribution in [3.63, 3.8) is 0 Å². The topological polar surface area (TPSA) is 0 Å². The Hall–Kier alpha value is -3.18. The minimum atomic E-state index is -4.42. The lowest BCUT2D eigenvalue weighted by Gasteiger charge is -2.20. The van der Waals surface area contributed by atoms with Gasteiger partial charge in [-0.2, -0.15) is 0 Å². The Morgan fingerprint density at radius 1 is 0.500 bits per heavy atom. The van der Waals surface area contributed by atoms with E-state index < -0.39 is 92.8 Å². The lowest BCUT2D eigenvalue weighted by Crippen LogP contribution is -2.22. The molecule has 170 valence electrons. The maximum absolute atomic E-state index is 14.4. The van der Waals surface area contributed by atoms with Gasteiger partial charge in [-0.05, 0) is 6.07 Å². The minimum absolute atomic E-state index is 0.529. The van der Waals surface area contributed by atoms with Gasteiger partial charge in [-0.25, -0.2) is 52.7 Å². The molecule has 0 heterocycles. The Bertz CT molecular complexity index is 1170. The predicted octanol–water partition coefficient (Wildman–Crippen LogP) is 7.08. The Kier molecular flexibility index (Phi) is 5.92. The monoisotopic (exact) mass is 474 g/mol. The molecule has 0 fully saturated rings. The summed E-state index contributed by atoms with van der Waals surface area (Å²) >= 11 is 0. The lowest BCUT2D eigenvalue weighted by molar-refractivity contribution is -0.00918. The molecule has 3 rings (SSSR count). The Labute approximate surface area is 170 Å². The fourth-order valence-corrected chi connectivity index (χ4v) is 2.95. The summed E-state index contributed by atoms with van der Waals surface area (Å²) in [4.78, 5) is 0. The number of rotatable bonds is 4. The van der Waals surface area contributed by atoms with Crippen molar-refractivity contribution < 1.29 is 52.7 Å². The van der Waals surface area contributed by atoms with Crippen LogP contribution in [0.2, 0.25) is 0 Å². The standard InChI is InChI=1S/C20H6F12/c21-8-4-2-1-3-7(8)20(31,32)5-6-11(22)13(24)9(14(25)12(6)23)10-15(26)17(28)19(30)18(29)16(10)27/h1-4H,5H2. The highest BCUT2D eigenvalue weighted by Crippen LogP contribution is 2.40. The smallest absolute Gasteiger partial charge is 0.206 e. The first-order valence-electron chi connectivity index (χ1n) is 8.30. The highest BCUT2D eigenvalue weighted by molar-refractivity contribution is 5.68. The van der Waals surface area contributed by atoms with E-state index in [1.54, 1.807) is 0 Å². The van der Waals surface area contributed by atoms with Gasteiger partial charge in [0, 0.05) is 12.0 Å². The molecule has 12 heteroatoms. The molecule has 0 aliphatic carbocycles. The summed E-state index contributed by atoms with van der Waals surface area (Å²) in [7, 11) is 0. The van der Waals surface area contributed by atoms with Gasteiger partial charge in [0.1, 0.15) is 5.82 Å². The van der Waals surface area contributed by atoms with Crippen LogP contribution in [-0.2, 0) is 12.3 Å². The van der Waals surface area contributed by atoms with Gasteiger partial charge >= 0.3 is 0 Å². The van der Waals surface area contributed by atoms with Gasteiger partial charge < -0.3 is 0 Å². The molecule has 32 heavy (non-hydrogen) atoms. The average molecular weight is 474 g/mol. The van der Waals surface area contributed by atoms with E-state index >= 15 is 0 Å². The Balaban J connectivity index is 2.25. The fraction of sp³-hybridized carbons (Fsp3) is 0.100. The summed E-state index contributed by atoms with van der Waals surface area (Å²) in [6.07, 6.45) is -2.14. The molecule has 0 nitrogen and oxygen atoms in total. The second kappa shape index (κ2) is 8.06. The van der Waals surface area contributed by atoms with E-state index in [0.29, 0.717) is 12.1 Å². The molecule has 0 spiro atoms. The van der Waals surface area contributed by atoms with Gasteiger partial charge in [0.05, 0.1) is 16.7 Å². The maximum Gasteiger partial charge on any atom is 0.280 e. The molecule has 0 aliphatic heterocycles. The van der Waals surface area contributed by atoms with Crippen LogP contribution >= 0.6 is 0 Å². The molecule has 0 aromatic heterocycles.